The Morgan fingerprint density at radius 1 is 1.35 bits per heavy atom. The molecule has 1 N–H and O–H groups in total. The fraction of sp³-hybridized carbons (Fsp3) is 0.250. The predicted octanol–water partition coefficient (Wildman–Crippen LogP) is 3.14. The average Bonchev–Trinajstić information content (AvgIpc) is 2.83. The van der Waals surface area contributed by atoms with E-state index in [2.05, 4.69) is 10.3 Å². The van der Waals surface area contributed by atoms with Crippen LogP contribution in [0.5, 0.6) is 0 Å². The van der Waals surface area contributed by atoms with Crippen molar-refractivity contribution in [3.63, 3.8) is 0 Å². The highest BCUT2D eigenvalue weighted by atomic mass is 32.1. The summed E-state index contributed by atoms with van der Waals surface area (Å²) >= 11 is 1.04. The van der Waals surface area contributed by atoms with Crippen molar-refractivity contribution in [3.8, 4) is 6.07 Å². The summed E-state index contributed by atoms with van der Waals surface area (Å²) in [5.41, 5.74) is 1.20. The number of anilines is 1. The smallest absolute Gasteiger partial charge is 0.348 e. The van der Waals surface area contributed by atoms with Gasteiger partial charge in [0.1, 0.15) is 15.9 Å². The number of pyridine rings is 1. The highest BCUT2D eigenvalue weighted by Crippen LogP contribution is 2.33. The van der Waals surface area contributed by atoms with E-state index in [1.165, 1.54) is 12.4 Å². The maximum absolute atomic E-state index is 12.2. The van der Waals surface area contributed by atoms with Crippen LogP contribution in [0.25, 0.3) is 0 Å². The highest BCUT2D eigenvalue weighted by Gasteiger charge is 2.23. The second-order valence-electron chi connectivity index (χ2n) is 5.02. The van der Waals surface area contributed by atoms with Crippen LogP contribution in [0.4, 0.5) is 5.00 Å². The van der Waals surface area contributed by atoms with Crippen molar-refractivity contribution < 1.29 is 14.3 Å². The number of thiophene rings is 1. The largest absolute Gasteiger partial charge is 0.459 e. The summed E-state index contributed by atoms with van der Waals surface area (Å²) in [5.74, 6) is -0.864. The molecule has 0 fully saturated rings. The molecule has 0 aliphatic rings. The number of amides is 1. The number of carbonyl (C=O) groups is 2. The highest BCUT2D eigenvalue weighted by molar-refractivity contribution is 7.18. The summed E-state index contributed by atoms with van der Waals surface area (Å²) in [5, 5.41) is 12.3. The van der Waals surface area contributed by atoms with Crippen molar-refractivity contribution in [1.29, 1.82) is 5.26 Å². The number of hydrogen-bond donors (Lipinski definition) is 1. The third-order valence-electron chi connectivity index (χ3n) is 2.96. The van der Waals surface area contributed by atoms with Crippen LogP contribution < -0.4 is 5.32 Å². The van der Waals surface area contributed by atoms with Crippen molar-refractivity contribution in [2.45, 2.75) is 26.9 Å². The molecule has 7 heteroatoms. The molecule has 118 valence electrons. The molecule has 0 atom stereocenters. The Labute approximate surface area is 137 Å². The van der Waals surface area contributed by atoms with Gasteiger partial charge in [-0.1, -0.05) is 0 Å². The lowest BCUT2D eigenvalue weighted by atomic mass is 10.1. The number of esters is 1. The first kappa shape index (κ1) is 16.6. The molecular weight excluding hydrogens is 314 g/mol. The second-order valence-corrected chi connectivity index (χ2v) is 6.04. The zero-order valence-corrected chi connectivity index (χ0v) is 13.7. The number of nitrogens with one attached hydrogen (secondary N) is 1. The van der Waals surface area contributed by atoms with E-state index >= 15 is 0 Å². The number of rotatable bonds is 4. The van der Waals surface area contributed by atoms with Crippen molar-refractivity contribution >= 4 is 28.2 Å². The Kier molecular flexibility index (Phi) is 5.09. The molecule has 1 amide bonds. The van der Waals surface area contributed by atoms with Gasteiger partial charge in [0.05, 0.1) is 11.7 Å². The summed E-state index contributed by atoms with van der Waals surface area (Å²) in [6.07, 6.45) is 2.75. The van der Waals surface area contributed by atoms with Crippen molar-refractivity contribution in [1.82, 2.24) is 4.98 Å². The summed E-state index contributed by atoms with van der Waals surface area (Å²) < 4.78 is 5.16. The van der Waals surface area contributed by atoms with Gasteiger partial charge in [-0.05, 0) is 38.5 Å². The van der Waals surface area contributed by atoms with Gasteiger partial charge >= 0.3 is 5.97 Å². The number of nitrogens with zero attached hydrogens (tertiary/aromatic N) is 2. The molecule has 2 aromatic rings. The zero-order chi connectivity index (χ0) is 17.0. The summed E-state index contributed by atoms with van der Waals surface area (Å²) in [6.45, 7) is 5.16. The van der Waals surface area contributed by atoms with Gasteiger partial charge in [-0.3, -0.25) is 9.78 Å². The summed E-state index contributed by atoms with van der Waals surface area (Å²) in [7, 11) is 0. The minimum Gasteiger partial charge on any atom is -0.459 e. The van der Waals surface area contributed by atoms with Crippen LogP contribution in [0.3, 0.4) is 0 Å². The van der Waals surface area contributed by atoms with Crippen molar-refractivity contribution in [2.24, 2.45) is 0 Å². The van der Waals surface area contributed by atoms with Crippen molar-refractivity contribution in [3.05, 3.63) is 46.1 Å². The van der Waals surface area contributed by atoms with E-state index < -0.39 is 5.97 Å². The lowest BCUT2D eigenvalue weighted by molar-refractivity contribution is 0.0383. The predicted molar refractivity (Wildman–Crippen MR) is 86.5 cm³/mol. The number of aromatic nitrogens is 1. The molecule has 0 spiro atoms. The Morgan fingerprint density at radius 3 is 2.57 bits per heavy atom. The van der Waals surface area contributed by atoms with E-state index in [4.69, 9.17) is 4.74 Å². The lowest BCUT2D eigenvalue weighted by Gasteiger charge is -2.06. The van der Waals surface area contributed by atoms with Gasteiger partial charge in [0.2, 0.25) is 0 Å². The zero-order valence-electron chi connectivity index (χ0n) is 12.9. The normalized spacial score (nSPS) is 10.2. The molecule has 0 radical (unpaired) electrons. The lowest BCUT2D eigenvalue weighted by Crippen LogP contribution is -2.11. The molecule has 0 bridgehead atoms. The topological polar surface area (TPSA) is 92.1 Å². The Hall–Kier alpha value is -2.72. The maximum Gasteiger partial charge on any atom is 0.348 e. The summed E-state index contributed by atoms with van der Waals surface area (Å²) in [4.78, 5) is 28.4. The van der Waals surface area contributed by atoms with Crippen LogP contribution in [0.1, 0.15) is 45.0 Å². The minimum absolute atomic E-state index is 0.260. The first-order chi connectivity index (χ1) is 10.9. The van der Waals surface area contributed by atoms with E-state index in [9.17, 15) is 14.9 Å². The number of nitriles is 1. The van der Waals surface area contributed by atoms with Gasteiger partial charge in [0.25, 0.3) is 5.91 Å². The second kappa shape index (κ2) is 7.03. The average molecular weight is 329 g/mol. The molecular formula is C16H15N3O3S. The summed E-state index contributed by atoms with van der Waals surface area (Å²) in [6, 6.07) is 5.16. The maximum atomic E-state index is 12.2. The fourth-order valence-electron chi connectivity index (χ4n) is 1.88. The quantitative estimate of drug-likeness (QED) is 0.870. The van der Waals surface area contributed by atoms with E-state index in [0.717, 1.165) is 11.3 Å². The molecule has 2 rings (SSSR count). The number of ether oxygens (including phenoxy) is 1. The van der Waals surface area contributed by atoms with Crippen molar-refractivity contribution in [2.75, 3.05) is 5.32 Å². The Morgan fingerprint density at radius 2 is 2.00 bits per heavy atom. The minimum atomic E-state index is -0.497. The van der Waals surface area contributed by atoms with Gasteiger partial charge < -0.3 is 10.1 Å². The fourth-order valence-corrected chi connectivity index (χ4v) is 2.91. The van der Waals surface area contributed by atoms with Crippen LogP contribution in [0, 0.1) is 18.3 Å². The Bertz CT molecular complexity index is 776. The molecule has 0 aromatic carbocycles. The number of carbonyl (C=O) groups excluding carboxylic acids is 2. The van der Waals surface area contributed by atoms with Crippen LogP contribution >= 0.6 is 11.3 Å². The van der Waals surface area contributed by atoms with E-state index in [0.29, 0.717) is 21.0 Å². The van der Waals surface area contributed by atoms with Crippen LogP contribution in [0.15, 0.2) is 24.5 Å². The van der Waals surface area contributed by atoms with E-state index in [-0.39, 0.29) is 17.6 Å². The van der Waals surface area contributed by atoms with Gasteiger partial charge in [-0.2, -0.15) is 5.26 Å². The molecule has 0 saturated carbocycles. The SMILES string of the molecule is Cc1c(C(=O)OC(C)C)sc(NC(=O)c2ccncc2)c1C#N. The first-order valence-corrected chi connectivity index (χ1v) is 7.71. The monoisotopic (exact) mass is 329 g/mol. The van der Waals surface area contributed by atoms with Gasteiger partial charge in [-0.25, -0.2) is 4.79 Å². The van der Waals surface area contributed by atoms with Crippen LogP contribution in [-0.4, -0.2) is 23.0 Å². The standard InChI is InChI=1S/C16H15N3O3S/c1-9(2)22-16(21)13-10(3)12(8-17)15(23-13)19-14(20)11-4-6-18-7-5-11/h4-7,9H,1-3H3,(H,19,20). The molecule has 0 unspecified atom stereocenters. The molecule has 0 saturated heterocycles. The van der Waals surface area contributed by atoms with Gasteiger partial charge in [-0.15, -0.1) is 11.3 Å². The first-order valence-electron chi connectivity index (χ1n) is 6.90. The third kappa shape index (κ3) is 3.73. The third-order valence-corrected chi connectivity index (χ3v) is 4.14. The molecule has 0 aliphatic carbocycles. The van der Waals surface area contributed by atoms with E-state index in [1.807, 2.05) is 6.07 Å². The molecule has 0 aliphatic heterocycles. The van der Waals surface area contributed by atoms with Crippen LogP contribution in [-0.2, 0) is 4.74 Å². The van der Waals surface area contributed by atoms with E-state index in [1.54, 1.807) is 32.9 Å². The van der Waals surface area contributed by atoms with Gasteiger partial charge in [0, 0.05) is 18.0 Å². The van der Waals surface area contributed by atoms with Gasteiger partial charge in [0.15, 0.2) is 0 Å². The molecule has 2 aromatic heterocycles. The molecule has 6 nitrogen and oxygen atoms in total. The molecule has 23 heavy (non-hydrogen) atoms. The molecule has 2 heterocycles. The number of hydrogen-bond acceptors (Lipinski definition) is 6. The van der Waals surface area contributed by atoms with Crippen LogP contribution in [0.2, 0.25) is 0 Å². The Balaban J connectivity index is 2.31.